The van der Waals surface area contributed by atoms with Crippen LogP contribution in [0.1, 0.15) is 22.3 Å². The summed E-state index contributed by atoms with van der Waals surface area (Å²) < 4.78 is 11.4. The van der Waals surface area contributed by atoms with Gasteiger partial charge in [0.05, 0.1) is 14.2 Å². The molecule has 2 N–H and O–H groups in total. The van der Waals surface area contributed by atoms with Crippen molar-refractivity contribution in [3.63, 3.8) is 0 Å². The van der Waals surface area contributed by atoms with Gasteiger partial charge in [0.2, 0.25) is 0 Å². The van der Waals surface area contributed by atoms with Crippen LogP contribution in [-0.2, 0) is 25.7 Å². The number of hydrogen-bond acceptors (Lipinski definition) is 4. The average Bonchev–Trinajstić information content (AvgIpc) is 2.87. The van der Waals surface area contributed by atoms with Crippen LogP contribution in [0.3, 0.4) is 0 Å². The second-order valence-electron chi connectivity index (χ2n) is 8.40. The van der Waals surface area contributed by atoms with Crippen LogP contribution in [0.15, 0.2) is 84.9 Å². The highest BCUT2D eigenvalue weighted by Gasteiger charge is 2.14. The van der Waals surface area contributed by atoms with Crippen molar-refractivity contribution in [3.8, 4) is 34.1 Å². The number of ether oxygens (including phenoxy) is 2. The quantitative estimate of drug-likeness (QED) is 0.309. The molecule has 0 saturated carbocycles. The summed E-state index contributed by atoms with van der Waals surface area (Å²) in [6.07, 6.45) is 3.53. The summed E-state index contributed by atoms with van der Waals surface area (Å²) in [6.45, 7) is 0. The number of phenolic OH excluding ortho intramolecular Hbond substituents is 2. The summed E-state index contributed by atoms with van der Waals surface area (Å²) in [7, 11) is 3.38. The first-order valence-electron chi connectivity index (χ1n) is 11.5. The van der Waals surface area contributed by atoms with Crippen molar-refractivity contribution in [1.82, 2.24) is 0 Å². The Morgan fingerprint density at radius 2 is 0.794 bits per heavy atom. The Kier molecular flexibility index (Phi) is 7.38. The molecule has 0 radical (unpaired) electrons. The van der Waals surface area contributed by atoms with Gasteiger partial charge < -0.3 is 19.7 Å². The fourth-order valence-corrected chi connectivity index (χ4v) is 4.14. The van der Waals surface area contributed by atoms with E-state index in [1.54, 1.807) is 38.5 Å². The zero-order chi connectivity index (χ0) is 23.9. The van der Waals surface area contributed by atoms with E-state index in [9.17, 15) is 10.2 Å². The summed E-state index contributed by atoms with van der Waals surface area (Å²) in [6, 6.07) is 27.3. The van der Waals surface area contributed by atoms with Gasteiger partial charge in [0.1, 0.15) is 23.0 Å². The third kappa shape index (κ3) is 5.70. The van der Waals surface area contributed by atoms with Gasteiger partial charge in [0.15, 0.2) is 0 Å². The first-order valence-corrected chi connectivity index (χ1v) is 11.5. The smallest absolute Gasteiger partial charge is 0.126 e. The van der Waals surface area contributed by atoms with Crippen molar-refractivity contribution in [2.45, 2.75) is 25.7 Å². The van der Waals surface area contributed by atoms with E-state index in [1.807, 2.05) is 36.4 Å². The molecule has 0 aromatic heterocycles. The van der Waals surface area contributed by atoms with E-state index in [-0.39, 0.29) is 11.5 Å². The molecule has 0 atom stereocenters. The Morgan fingerprint density at radius 3 is 1.15 bits per heavy atom. The maximum Gasteiger partial charge on any atom is 0.126 e. The normalized spacial score (nSPS) is 10.8. The van der Waals surface area contributed by atoms with Gasteiger partial charge in [-0.3, -0.25) is 0 Å². The Morgan fingerprint density at radius 1 is 0.471 bits per heavy atom. The molecule has 0 spiro atoms. The van der Waals surface area contributed by atoms with Crippen LogP contribution in [0.25, 0.3) is 11.1 Å². The maximum absolute atomic E-state index is 9.51. The number of benzene rings is 4. The lowest BCUT2D eigenvalue weighted by atomic mass is 9.95. The molecule has 4 nitrogen and oxygen atoms in total. The molecule has 4 rings (SSSR count). The lowest BCUT2D eigenvalue weighted by Crippen LogP contribution is -1.98. The first kappa shape index (κ1) is 23.2. The molecule has 0 amide bonds. The zero-order valence-electron chi connectivity index (χ0n) is 19.6. The average molecular weight is 455 g/mol. The molecule has 0 aliphatic rings. The number of aromatic hydroxyl groups is 2. The number of rotatable bonds is 9. The third-order valence-corrected chi connectivity index (χ3v) is 6.10. The van der Waals surface area contributed by atoms with E-state index in [0.29, 0.717) is 0 Å². The highest BCUT2D eigenvalue weighted by molar-refractivity contribution is 5.77. The largest absolute Gasteiger partial charge is 0.508 e. The minimum atomic E-state index is 0.285. The van der Waals surface area contributed by atoms with Crippen LogP contribution >= 0.6 is 0 Å². The van der Waals surface area contributed by atoms with Gasteiger partial charge in [-0.25, -0.2) is 0 Å². The van der Waals surface area contributed by atoms with E-state index in [1.165, 1.54) is 22.3 Å². The maximum atomic E-state index is 9.51. The standard InChI is InChI=1S/C30H30O4/c1-33-29-17-11-23(5-3-21-7-13-25(31)14-8-21)19-27(29)28-20-24(12-18-30(28)34-2)6-4-22-9-15-26(32)16-10-22/h7-20,31-32H,3-6H2,1-2H3. The van der Waals surface area contributed by atoms with Crippen LogP contribution in [0.2, 0.25) is 0 Å². The van der Waals surface area contributed by atoms with Crippen molar-refractivity contribution in [2.75, 3.05) is 14.2 Å². The van der Waals surface area contributed by atoms with Crippen molar-refractivity contribution in [2.24, 2.45) is 0 Å². The highest BCUT2D eigenvalue weighted by atomic mass is 16.5. The first-order chi connectivity index (χ1) is 16.6. The SMILES string of the molecule is COc1ccc(CCc2ccc(O)cc2)cc1-c1cc(CCc2ccc(O)cc2)ccc1OC. The lowest BCUT2D eigenvalue weighted by Gasteiger charge is -2.16. The predicted octanol–water partition coefficient (Wildman–Crippen LogP) is 6.35. The molecular formula is C30H30O4. The molecule has 0 heterocycles. The summed E-state index contributed by atoms with van der Waals surface area (Å²) >= 11 is 0. The van der Waals surface area contributed by atoms with Gasteiger partial charge in [-0.2, -0.15) is 0 Å². The summed E-state index contributed by atoms with van der Waals surface area (Å²) in [5.41, 5.74) is 6.80. The van der Waals surface area contributed by atoms with Crippen LogP contribution in [-0.4, -0.2) is 24.4 Å². The molecule has 4 heteroatoms. The molecule has 0 bridgehead atoms. The molecule has 4 aromatic rings. The van der Waals surface area contributed by atoms with E-state index in [0.717, 1.165) is 48.3 Å². The molecular weight excluding hydrogens is 424 g/mol. The lowest BCUT2D eigenvalue weighted by molar-refractivity contribution is 0.410. The summed E-state index contributed by atoms with van der Waals surface area (Å²) in [5.74, 6) is 2.19. The minimum Gasteiger partial charge on any atom is -0.508 e. The fourth-order valence-electron chi connectivity index (χ4n) is 4.14. The molecule has 174 valence electrons. The second-order valence-corrected chi connectivity index (χ2v) is 8.40. The molecule has 0 unspecified atom stereocenters. The Hall–Kier alpha value is -3.92. The van der Waals surface area contributed by atoms with E-state index < -0.39 is 0 Å². The molecule has 0 fully saturated rings. The van der Waals surface area contributed by atoms with Gasteiger partial charge >= 0.3 is 0 Å². The summed E-state index contributed by atoms with van der Waals surface area (Å²) in [5, 5.41) is 19.0. The molecule has 0 aliphatic heterocycles. The minimum absolute atomic E-state index is 0.285. The topological polar surface area (TPSA) is 58.9 Å². The number of hydrogen-bond donors (Lipinski definition) is 2. The van der Waals surface area contributed by atoms with Crippen LogP contribution in [0.4, 0.5) is 0 Å². The Labute approximate surface area is 201 Å². The van der Waals surface area contributed by atoms with Crippen LogP contribution < -0.4 is 9.47 Å². The second kappa shape index (κ2) is 10.8. The number of aryl methyl sites for hydroxylation is 4. The molecule has 0 saturated heterocycles. The molecule has 0 aliphatic carbocycles. The van der Waals surface area contributed by atoms with E-state index in [4.69, 9.17) is 9.47 Å². The van der Waals surface area contributed by atoms with Crippen LogP contribution in [0, 0.1) is 0 Å². The third-order valence-electron chi connectivity index (χ3n) is 6.10. The van der Waals surface area contributed by atoms with Gasteiger partial charge in [0, 0.05) is 11.1 Å². The van der Waals surface area contributed by atoms with E-state index in [2.05, 4.69) is 24.3 Å². The van der Waals surface area contributed by atoms with Crippen molar-refractivity contribution in [1.29, 1.82) is 0 Å². The van der Waals surface area contributed by atoms with Gasteiger partial charge in [-0.1, -0.05) is 36.4 Å². The molecule has 4 aromatic carbocycles. The van der Waals surface area contributed by atoms with Gasteiger partial charge in [0.25, 0.3) is 0 Å². The Balaban J connectivity index is 1.59. The van der Waals surface area contributed by atoms with Gasteiger partial charge in [-0.15, -0.1) is 0 Å². The van der Waals surface area contributed by atoms with Crippen molar-refractivity contribution in [3.05, 3.63) is 107 Å². The monoisotopic (exact) mass is 454 g/mol. The Bertz CT molecular complexity index is 1130. The highest BCUT2D eigenvalue weighted by Crippen LogP contribution is 2.38. The zero-order valence-corrected chi connectivity index (χ0v) is 19.6. The van der Waals surface area contributed by atoms with Gasteiger partial charge in [-0.05, 0) is 96.5 Å². The predicted molar refractivity (Wildman–Crippen MR) is 136 cm³/mol. The van der Waals surface area contributed by atoms with Crippen LogP contribution in [0.5, 0.6) is 23.0 Å². The van der Waals surface area contributed by atoms with E-state index >= 15 is 0 Å². The fraction of sp³-hybridized carbons (Fsp3) is 0.200. The molecule has 34 heavy (non-hydrogen) atoms. The summed E-state index contributed by atoms with van der Waals surface area (Å²) in [4.78, 5) is 0. The number of phenols is 2. The van der Waals surface area contributed by atoms with Crippen molar-refractivity contribution >= 4 is 0 Å². The van der Waals surface area contributed by atoms with Crippen molar-refractivity contribution < 1.29 is 19.7 Å². The number of methoxy groups -OCH3 is 2.